The lowest BCUT2D eigenvalue weighted by Gasteiger charge is -2.35. The van der Waals surface area contributed by atoms with Crippen molar-refractivity contribution < 1.29 is 27.9 Å². The maximum absolute atomic E-state index is 12.7. The Labute approximate surface area is 163 Å². The molecule has 1 N–H and O–H groups in total. The monoisotopic (exact) mass is 415 g/mol. The summed E-state index contributed by atoms with van der Waals surface area (Å²) in [7, 11) is -3.29. The minimum atomic E-state index is -3.29. The highest BCUT2D eigenvalue weighted by Crippen LogP contribution is 2.24. The maximum atomic E-state index is 12.7. The van der Waals surface area contributed by atoms with Crippen molar-refractivity contribution in [2.75, 3.05) is 19.8 Å². The van der Waals surface area contributed by atoms with Crippen molar-refractivity contribution >= 4 is 26.1 Å². The fourth-order valence-corrected chi connectivity index (χ4v) is 5.52. The standard InChI is InChI=1S/C16H25N3O8Si/c1-5-15(28(25-6-2,26-7-3)27-8-4)17-16(20)12-9-13(18(21)22)11-14(10-12)19(23)24/h9-11,15H,5-8H2,1-4H3,(H,17,20). The first kappa shape index (κ1) is 23.6. The second-order valence-corrected chi connectivity index (χ2v) is 8.36. The summed E-state index contributed by atoms with van der Waals surface area (Å²) in [5, 5.41) is 24.8. The van der Waals surface area contributed by atoms with Crippen LogP contribution in [0.2, 0.25) is 0 Å². The first-order valence-corrected chi connectivity index (χ1v) is 10.7. The lowest BCUT2D eigenvalue weighted by molar-refractivity contribution is -0.394. The molecule has 0 saturated carbocycles. The lowest BCUT2D eigenvalue weighted by Crippen LogP contribution is -2.62. The van der Waals surface area contributed by atoms with Crippen molar-refractivity contribution in [3.05, 3.63) is 44.0 Å². The van der Waals surface area contributed by atoms with E-state index in [1.54, 1.807) is 27.7 Å². The molecule has 12 heteroatoms. The second kappa shape index (κ2) is 10.8. The third kappa shape index (κ3) is 5.79. The SMILES string of the molecule is CCO[Si](OCC)(OCC)C(CC)NC(=O)c1cc([N+](=O)[O-])cc([N+](=O)[O-])c1. The highest BCUT2D eigenvalue weighted by Gasteiger charge is 2.49. The van der Waals surface area contributed by atoms with Crippen molar-refractivity contribution in [2.45, 2.75) is 39.8 Å². The molecule has 0 radical (unpaired) electrons. The van der Waals surface area contributed by atoms with E-state index in [1.807, 2.05) is 0 Å². The van der Waals surface area contributed by atoms with Gasteiger partial charge in [0.15, 0.2) is 0 Å². The van der Waals surface area contributed by atoms with Gasteiger partial charge in [0.2, 0.25) is 0 Å². The molecule has 0 aliphatic heterocycles. The molecular formula is C16H25N3O8Si. The average molecular weight is 415 g/mol. The summed E-state index contributed by atoms with van der Waals surface area (Å²) in [4.78, 5) is 33.2. The summed E-state index contributed by atoms with van der Waals surface area (Å²) >= 11 is 0. The quantitative estimate of drug-likeness (QED) is 0.312. The van der Waals surface area contributed by atoms with Gasteiger partial charge >= 0.3 is 8.80 Å². The van der Waals surface area contributed by atoms with Crippen molar-refractivity contribution in [3.8, 4) is 0 Å². The molecule has 1 aromatic carbocycles. The van der Waals surface area contributed by atoms with Gasteiger partial charge in [-0.05, 0) is 27.2 Å². The van der Waals surface area contributed by atoms with Crippen LogP contribution in [-0.2, 0) is 13.3 Å². The summed E-state index contributed by atoms with van der Waals surface area (Å²) < 4.78 is 17.4. The van der Waals surface area contributed by atoms with E-state index in [4.69, 9.17) is 13.3 Å². The van der Waals surface area contributed by atoms with Crippen molar-refractivity contribution in [3.63, 3.8) is 0 Å². The molecule has 0 aliphatic rings. The Morgan fingerprint density at radius 2 is 1.39 bits per heavy atom. The number of benzene rings is 1. The maximum Gasteiger partial charge on any atom is 0.524 e. The minimum absolute atomic E-state index is 0.202. The number of nitro groups is 2. The molecule has 156 valence electrons. The van der Waals surface area contributed by atoms with Gasteiger partial charge in [-0.2, -0.15) is 0 Å². The van der Waals surface area contributed by atoms with Crippen LogP contribution < -0.4 is 5.32 Å². The molecule has 28 heavy (non-hydrogen) atoms. The van der Waals surface area contributed by atoms with Crippen LogP contribution in [0.3, 0.4) is 0 Å². The number of nitro benzene ring substituents is 2. The Morgan fingerprint density at radius 1 is 0.964 bits per heavy atom. The number of carbonyl (C=O) groups excluding carboxylic acids is 1. The third-order valence-corrected chi connectivity index (χ3v) is 7.24. The van der Waals surface area contributed by atoms with Crippen LogP contribution in [-0.4, -0.2) is 50.0 Å². The summed E-state index contributed by atoms with van der Waals surface area (Å²) in [5.41, 5.74) is -1.92. The molecule has 1 aromatic rings. The first-order chi connectivity index (χ1) is 13.2. The number of nitrogens with zero attached hydrogens (tertiary/aromatic N) is 2. The predicted octanol–water partition coefficient (Wildman–Crippen LogP) is 2.60. The van der Waals surface area contributed by atoms with E-state index in [2.05, 4.69) is 5.32 Å². The zero-order chi connectivity index (χ0) is 21.3. The van der Waals surface area contributed by atoms with Crippen molar-refractivity contribution in [1.82, 2.24) is 5.32 Å². The lowest BCUT2D eigenvalue weighted by atomic mass is 10.1. The van der Waals surface area contributed by atoms with Gasteiger partial charge in [-0.15, -0.1) is 0 Å². The van der Waals surface area contributed by atoms with E-state index >= 15 is 0 Å². The van der Waals surface area contributed by atoms with Gasteiger partial charge in [0.25, 0.3) is 17.3 Å². The number of nitrogens with one attached hydrogen (secondary N) is 1. The Morgan fingerprint density at radius 3 is 1.71 bits per heavy atom. The Balaban J connectivity index is 3.26. The van der Waals surface area contributed by atoms with Gasteiger partial charge in [-0.1, -0.05) is 6.92 Å². The van der Waals surface area contributed by atoms with Gasteiger partial charge in [0, 0.05) is 32.0 Å². The number of hydrogen-bond acceptors (Lipinski definition) is 8. The van der Waals surface area contributed by atoms with E-state index in [0.29, 0.717) is 26.2 Å². The van der Waals surface area contributed by atoms with Crippen LogP contribution in [0.5, 0.6) is 0 Å². The van der Waals surface area contributed by atoms with Crippen LogP contribution in [0, 0.1) is 20.2 Å². The fraction of sp³-hybridized carbons (Fsp3) is 0.562. The van der Waals surface area contributed by atoms with E-state index in [9.17, 15) is 25.0 Å². The summed E-state index contributed by atoms with van der Waals surface area (Å²) in [6.07, 6.45) is 0.412. The Kier molecular flexibility index (Phi) is 9.11. The van der Waals surface area contributed by atoms with E-state index in [-0.39, 0.29) is 5.56 Å². The minimum Gasteiger partial charge on any atom is -0.373 e. The first-order valence-electron chi connectivity index (χ1n) is 8.91. The van der Waals surface area contributed by atoms with Gasteiger partial charge in [0.05, 0.1) is 27.1 Å². The van der Waals surface area contributed by atoms with Gasteiger partial charge in [0.1, 0.15) is 0 Å². The number of hydrogen-bond donors (Lipinski definition) is 1. The highest BCUT2D eigenvalue weighted by molar-refractivity contribution is 6.62. The van der Waals surface area contributed by atoms with Crippen LogP contribution in [0.25, 0.3) is 0 Å². The van der Waals surface area contributed by atoms with Crippen LogP contribution in [0.1, 0.15) is 44.5 Å². The van der Waals surface area contributed by atoms with Crippen molar-refractivity contribution in [2.24, 2.45) is 0 Å². The molecule has 0 aromatic heterocycles. The average Bonchev–Trinajstić information content (AvgIpc) is 2.65. The second-order valence-electron chi connectivity index (χ2n) is 5.59. The normalized spacial score (nSPS) is 12.4. The summed E-state index contributed by atoms with van der Waals surface area (Å²) in [6, 6.07) is 2.77. The van der Waals surface area contributed by atoms with Gasteiger partial charge in [-0.3, -0.25) is 25.0 Å². The van der Waals surface area contributed by atoms with E-state index in [0.717, 1.165) is 18.2 Å². The molecule has 0 spiro atoms. The van der Waals surface area contributed by atoms with Gasteiger partial charge in [-0.25, -0.2) is 0 Å². The Hall–Kier alpha value is -2.41. The smallest absolute Gasteiger partial charge is 0.373 e. The summed E-state index contributed by atoms with van der Waals surface area (Å²) in [5.74, 6) is -0.713. The molecular weight excluding hydrogens is 390 g/mol. The molecule has 1 atom stereocenters. The Bertz CT molecular complexity index is 666. The predicted molar refractivity (Wildman–Crippen MR) is 102 cm³/mol. The van der Waals surface area contributed by atoms with Crippen molar-refractivity contribution in [1.29, 1.82) is 0 Å². The molecule has 0 saturated heterocycles. The fourth-order valence-electron chi connectivity index (χ4n) is 2.65. The van der Waals surface area contributed by atoms with E-state index in [1.165, 1.54) is 0 Å². The largest absolute Gasteiger partial charge is 0.524 e. The zero-order valence-electron chi connectivity index (χ0n) is 16.3. The molecule has 1 unspecified atom stereocenters. The zero-order valence-corrected chi connectivity index (χ0v) is 17.3. The molecule has 0 bridgehead atoms. The topological polar surface area (TPSA) is 143 Å². The molecule has 11 nitrogen and oxygen atoms in total. The van der Waals surface area contributed by atoms with Crippen LogP contribution >= 0.6 is 0 Å². The number of carbonyl (C=O) groups is 1. The molecule has 0 heterocycles. The number of rotatable bonds is 12. The molecule has 1 rings (SSSR count). The highest BCUT2D eigenvalue weighted by atomic mass is 28.4. The van der Waals surface area contributed by atoms with Gasteiger partial charge < -0.3 is 18.6 Å². The van der Waals surface area contributed by atoms with E-state index < -0.39 is 41.6 Å². The number of non-ortho nitro benzene ring substituents is 2. The molecule has 0 fully saturated rings. The third-order valence-electron chi connectivity index (χ3n) is 3.76. The van der Waals surface area contributed by atoms with Crippen LogP contribution in [0.4, 0.5) is 11.4 Å². The summed E-state index contributed by atoms with van der Waals surface area (Å²) in [6.45, 7) is 8.05. The van der Waals surface area contributed by atoms with Crippen LogP contribution in [0.15, 0.2) is 18.2 Å². The molecule has 0 aliphatic carbocycles. The number of amides is 1. The molecule has 1 amide bonds.